The van der Waals surface area contributed by atoms with Crippen LogP contribution in [0.2, 0.25) is 0 Å². The zero-order valence-corrected chi connectivity index (χ0v) is 19.8. The Morgan fingerprint density at radius 2 is 1.83 bits per heavy atom. The number of carbonyl (C=O) groups excluding carboxylic acids is 2. The lowest BCUT2D eigenvalue weighted by atomic mass is 9.67. The highest BCUT2D eigenvalue weighted by Crippen LogP contribution is 2.47. The van der Waals surface area contributed by atoms with Crippen LogP contribution in [0.5, 0.6) is 5.75 Å². The van der Waals surface area contributed by atoms with Crippen molar-refractivity contribution in [1.82, 2.24) is 14.9 Å². The molecule has 2 amide bonds. The molecule has 0 spiro atoms. The first-order valence-electron chi connectivity index (χ1n) is 12.0. The van der Waals surface area contributed by atoms with Crippen LogP contribution in [0.3, 0.4) is 0 Å². The van der Waals surface area contributed by atoms with Crippen LogP contribution in [-0.4, -0.2) is 63.5 Å². The highest BCUT2D eigenvalue weighted by atomic mass is 19.3. The monoisotopic (exact) mass is 498 g/mol. The van der Waals surface area contributed by atoms with Gasteiger partial charge in [-0.05, 0) is 55.2 Å². The molecular formula is C26H28F2N4O4. The van der Waals surface area contributed by atoms with Gasteiger partial charge in [0.25, 0.3) is 5.91 Å². The first-order valence-corrected chi connectivity index (χ1v) is 12.0. The SMILES string of the molecule is COc1ccc(C2(C(=O)N3CC[C@@H](O)[C@@H]3C(=O)Nc3ccc4[nH]ccc4n3)CCC(F)(F)CC2)cc1. The van der Waals surface area contributed by atoms with Gasteiger partial charge in [-0.1, -0.05) is 12.1 Å². The second-order valence-electron chi connectivity index (χ2n) is 9.56. The summed E-state index contributed by atoms with van der Waals surface area (Å²) < 4.78 is 33.5. The molecule has 1 saturated heterocycles. The molecule has 1 aromatic carbocycles. The number of halogens is 2. The van der Waals surface area contributed by atoms with E-state index in [4.69, 9.17) is 4.74 Å². The first-order chi connectivity index (χ1) is 17.2. The molecule has 5 rings (SSSR count). The fraction of sp³-hybridized carbons (Fsp3) is 0.423. The molecule has 2 fully saturated rings. The number of methoxy groups -OCH3 is 1. The normalized spacial score (nSPS) is 22.9. The number of fused-ring (bicyclic) bond motifs is 1. The Hall–Kier alpha value is -3.53. The molecule has 3 N–H and O–H groups in total. The average Bonchev–Trinajstić information content (AvgIpc) is 3.50. The number of aliphatic hydroxyl groups is 1. The van der Waals surface area contributed by atoms with E-state index in [0.717, 1.165) is 5.52 Å². The number of nitrogens with one attached hydrogen (secondary N) is 2. The van der Waals surface area contributed by atoms with E-state index in [1.807, 2.05) is 0 Å². The van der Waals surface area contributed by atoms with Gasteiger partial charge in [0.05, 0.1) is 29.7 Å². The summed E-state index contributed by atoms with van der Waals surface area (Å²) in [5.41, 5.74) is 0.846. The molecule has 190 valence electrons. The molecule has 10 heteroatoms. The smallest absolute Gasteiger partial charge is 0.251 e. The molecule has 3 heterocycles. The van der Waals surface area contributed by atoms with Crippen LogP contribution in [0.15, 0.2) is 48.7 Å². The van der Waals surface area contributed by atoms with Gasteiger partial charge in [-0.3, -0.25) is 9.59 Å². The Balaban J connectivity index is 1.44. The fourth-order valence-corrected chi connectivity index (χ4v) is 5.38. The van der Waals surface area contributed by atoms with Crippen molar-refractivity contribution in [3.05, 3.63) is 54.2 Å². The van der Waals surface area contributed by atoms with Gasteiger partial charge >= 0.3 is 0 Å². The van der Waals surface area contributed by atoms with Crippen molar-refractivity contribution in [1.29, 1.82) is 0 Å². The lowest BCUT2D eigenvalue weighted by Gasteiger charge is -2.42. The maximum Gasteiger partial charge on any atom is 0.251 e. The number of likely N-dealkylation sites (tertiary alicyclic amines) is 1. The number of aliphatic hydroxyl groups excluding tert-OH is 1. The molecule has 36 heavy (non-hydrogen) atoms. The fourth-order valence-electron chi connectivity index (χ4n) is 5.38. The number of nitrogens with zero attached hydrogens (tertiary/aromatic N) is 2. The van der Waals surface area contributed by atoms with Crippen molar-refractivity contribution < 1.29 is 28.2 Å². The summed E-state index contributed by atoms with van der Waals surface area (Å²) in [7, 11) is 1.52. The third-order valence-corrected chi connectivity index (χ3v) is 7.44. The summed E-state index contributed by atoms with van der Waals surface area (Å²) in [6, 6.07) is 10.8. The number of benzene rings is 1. The van der Waals surface area contributed by atoms with E-state index in [-0.39, 0.29) is 25.8 Å². The van der Waals surface area contributed by atoms with Crippen molar-refractivity contribution in [2.45, 2.75) is 55.6 Å². The van der Waals surface area contributed by atoms with E-state index >= 15 is 0 Å². The molecule has 2 aliphatic rings. The molecule has 2 aromatic heterocycles. The van der Waals surface area contributed by atoms with Crippen molar-refractivity contribution >= 4 is 28.7 Å². The van der Waals surface area contributed by atoms with Crippen LogP contribution in [0.25, 0.3) is 11.0 Å². The number of rotatable bonds is 5. The van der Waals surface area contributed by atoms with Crippen LogP contribution in [0.1, 0.15) is 37.7 Å². The number of aromatic amines is 1. The van der Waals surface area contributed by atoms with Gasteiger partial charge in [-0.2, -0.15) is 0 Å². The molecule has 0 radical (unpaired) electrons. The van der Waals surface area contributed by atoms with Crippen LogP contribution < -0.4 is 10.1 Å². The Morgan fingerprint density at radius 1 is 1.11 bits per heavy atom. The Labute approximate surface area is 206 Å². The average molecular weight is 499 g/mol. The maximum absolute atomic E-state index is 14.2. The molecule has 0 unspecified atom stereocenters. The molecule has 8 nitrogen and oxygen atoms in total. The minimum atomic E-state index is -2.85. The minimum Gasteiger partial charge on any atom is -0.497 e. The largest absolute Gasteiger partial charge is 0.497 e. The number of carbonyl (C=O) groups is 2. The predicted molar refractivity (Wildman–Crippen MR) is 129 cm³/mol. The first kappa shape index (κ1) is 24.2. The van der Waals surface area contributed by atoms with Crippen LogP contribution >= 0.6 is 0 Å². The zero-order chi connectivity index (χ0) is 25.5. The number of hydrogen-bond acceptors (Lipinski definition) is 5. The van der Waals surface area contributed by atoms with Gasteiger partial charge < -0.3 is 25.0 Å². The summed E-state index contributed by atoms with van der Waals surface area (Å²) in [4.78, 5) is 36.1. The van der Waals surface area contributed by atoms with E-state index in [2.05, 4.69) is 15.3 Å². The van der Waals surface area contributed by atoms with Crippen LogP contribution in [0.4, 0.5) is 14.6 Å². The quantitative estimate of drug-likeness (QED) is 0.498. The van der Waals surface area contributed by atoms with E-state index in [1.165, 1.54) is 12.0 Å². The summed E-state index contributed by atoms with van der Waals surface area (Å²) in [5.74, 6) is -2.96. The molecule has 2 atom stereocenters. The Morgan fingerprint density at radius 3 is 2.53 bits per heavy atom. The number of H-pyrrole nitrogens is 1. The van der Waals surface area contributed by atoms with Gasteiger partial charge in [0, 0.05) is 25.6 Å². The summed E-state index contributed by atoms with van der Waals surface area (Å²) >= 11 is 0. The highest BCUT2D eigenvalue weighted by molar-refractivity contribution is 6.00. The number of alkyl halides is 2. The predicted octanol–water partition coefficient (Wildman–Crippen LogP) is 3.62. The maximum atomic E-state index is 14.2. The van der Waals surface area contributed by atoms with Gasteiger partial charge in [0.2, 0.25) is 11.8 Å². The van der Waals surface area contributed by atoms with Gasteiger partial charge in [-0.25, -0.2) is 13.8 Å². The van der Waals surface area contributed by atoms with E-state index < -0.39 is 48.1 Å². The second kappa shape index (κ2) is 9.16. The van der Waals surface area contributed by atoms with Crippen molar-refractivity contribution in [2.24, 2.45) is 0 Å². The summed E-state index contributed by atoms with van der Waals surface area (Å²) in [5, 5.41) is 13.4. The number of ether oxygens (including phenoxy) is 1. The Kier molecular flexibility index (Phi) is 6.15. The summed E-state index contributed by atoms with van der Waals surface area (Å²) in [6.45, 7) is 0.149. The lowest BCUT2D eigenvalue weighted by molar-refractivity contribution is -0.147. The van der Waals surface area contributed by atoms with E-state index in [9.17, 15) is 23.5 Å². The number of amides is 2. The topological polar surface area (TPSA) is 108 Å². The number of aromatic nitrogens is 2. The van der Waals surface area contributed by atoms with Gasteiger partial charge in [-0.15, -0.1) is 0 Å². The molecule has 3 aromatic rings. The van der Waals surface area contributed by atoms with Crippen LogP contribution in [-0.2, 0) is 15.0 Å². The zero-order valence-electron chi connectivity index (χ0n) is 19.8. The third-order valence-electron chi connectivity index (χ3n) is 7.44. The van der Waals surface area contributed by atoms with Gasteiger partial charge in [0.15, 0.2) is 0 Å². The van der Waals surface area contributed by atoms with E-state index in [1.54, 1.807) is 48.7 Å². The molecular weight excluding hydrogens is 470 g/mol. The highest BCUT2D eigenvalue weighted by Gasteiger charge is 2.53. The lowest BCUT2D eigenvalue weighted by Crippen LogP contribution is -2.55. The molecule has 0 bridgehead atoms. The van der Waals surface area contributed by atoms with Crippen molar-refractivity contribution in [2.75, 3.05) is 19.0 Å². The van der Waals surface area contributed by atoms with Crippen molar-refractivity contribution in [3.8, 4) is 5.75 Å². The number of anilines is 1. The third kappa shape index (κ3) is 4.30. The number of pyridine rings is 1. The molecule has 1 aliphatic carbocycles. The van der Waals surface area contributed by atoms with Crippen molar-refractivity contribution in [3.63, 3.8) is 0 Å². The standard InChI is InChI=1S/C26H28F2N4O4/c1-36-17-4-2-16(3-5-17)25(10-12-26(27,28)13-11-25)24(35)32-15-9-20(33)22(32)23(34)31-21-7-6-18-19(30-21)8-14-29-18/h2-8,14,20,22,29,33H,9-13,15H2,1H3,(H,30,31,34)/t20-,22-/m1/s1. The number of hydrogen-bond donors (Lipinski definition) is 3. The van der Waals surface area contributed by atoms with E-state index in [0.29, 0.717) is 22.6 Å². The molecule has 1 aliphatic heterocycles. The van der Waals surface area contributed by atoms with Crippen LogP contribution in [0, 0.1) is 0 Å². The second-order valence-corrected chi connectivity index (χ2v) is 9.56. The van der Waals surface area contributed by atoms with Gasteiger partial charge in [0.1, 0.15) is 17.6 Å². The summed E-state index contributed by atoms with van der Waals surface area (Å²) in [6.07, 6.45) is -0.116. The molecule has 1 saturated carbocycles. The Bertz CT molecular complexity index is 1270. The minimum absolute atomic E-state index is 0.0577.